The number of nitrogens with zero attached hydrogens (tertiary/aromatic N) is 5. The van der Waals surface area contributed by atoms with Gasteiger partial charge in [0.25, 0.3) is 10.2 Å². The highest BCUT2D eigenvalue weighted by Gasteiger charge is 2.40. The van der Waals surface area contributed by atoms with E-state index in [4.69, 9.17) is 4.74 Å². The van der Waals surface area contributed by atoms with E-state index in [1.165, 1.54) is 0 Å². The minimum atomic E-state index is -3.46. The van der Waals surface area contributed by atoms with Gasteiger partial charge in [0.1, 0.15) is 0 Å². The third-order valence-electron chi connectivity index (χ3n) is 4.61. The Hall–Kier alpha value is -1.00. The summed E-state index contributed by atoms with van der Waals surface area (Å²) in [5.74, 6) is 0. The average Bonchev–Trinajstić information content (AvgIpc) is 3.15. The average molecular weight is 357 g/mol. The van der Waals surface area contributed by atoms with Gasteiger partial charge in [-0.05, 0) is 33.0 Å². The summed E-state index contributed by atoms with van der Waals surface area (Å²) >= 11 is 0. The third kappa shape index (κ3) is 3.50. The zero-order valence-electron chi connectivity index (χ0n) is 14.7. The van der Waals surface area contributed by atoms with Crippen molar-refractivity contribution >= 4 is 10.2 Å². The monoisotopic (exact) mass is 357 g/mol. The fourth-order valence-corrected chi connectivity index (χ4v) is 5.20. The van der Waals surface area contributed by atoms with Crippen LogP contribution in [0.3, 0.4) is 0 Å². The van der Waals surface area contributed by atoms with Gasteiger partial charge in [-0.15, -0.1) is 0 Å². The fourth-order valence-electron chi connectivity index (χ4n) is 3.40. The number of rotatable bonds is 5. The first kappa shape index (κ1) is 17.8. The molecule has 9 heteroatoms. The molecule has 3 rings (SSSR count). The summed E-state index contributed by atoms with van der Waals surface area (Å²) in [6, 6.07) is 1.87. The number of aromatic nitrogens is 2. The lowest BCUT2D eigenvalue weighted by Gasteiger charge is -2.32. The van der Waals surface area contributed by atoms with Crippen LogP contribution in [0.5, 0.6) is 0 Å². The SMILES string of the molecule is CN(C)Cc1cc([C@@H]2CCCN2S(=O)(=O)N2CCOCC2)nn1C. The molecule has 2 aliphatic heterocycles. The fraction of sp³-hybridized carbons (Fsp3) is 0.800. The van der Waals surface area contributed by atoms with Crippen molar-refractivity contribution < 1.29 is 13.2 Å². The number of aryl methyl sites for hydroxylation is 1. The standard InChI is InChI=1S/C15H27N5O3S/c1-17(2)12-13-11-14(16-18(13)3)15-5-4-6-20(15)24(21,22)19-7-9-23-10-8-19/h11,15H,4-10,12H2,1-3H3/t15-/m0/s1. The molecule has 0 saturated carbocycles. The highest BCUT2D eigenvalue weighted by atomic mass is 32.2. The molecule has 136 valence electrons. The highest BCUT2D eigenvalue weighted by Crippen LogP contribution is 2.35. The van der Waals surface area contributed by atoms with Gasteiger partial charge >= 0.3 is 0 Å². The van der Waals surface area contributed by atoms with Gasteiger partial charge in [-0.3, -0.25) is 4.68 Å². The third-order valence-corrected chi connectivity index (χ3v) is 6.66. The Labute approximate surface area is 144 Å². The molecule has 8 nitrogen and oxygen atoms in total. The molecule has 1 aromatic rings. The van der Waals surface area contributed by atoms with Gasteiger partial charge < -0.3 is 9.64 Å². The van der Waals surface area contributed by atoms with Crippen molar-refractivity contribution in [2.75, 3.05) is 46.9 Å². The van der Waals surface area contributed by atoms with Crippen LogP contribution in [-0.2, 0) is 28.5 Å². The maximum Gasteiger partial charge on any atom is 0.282 e. The minimum absolute atomic E-state index is 0.167. The van der Waals surface area contributed by atoms with E-state index in [1.807, 2.05) is 31.9 Å². The molecule has 0 unspecified atom stereocenters. The van der Waals surface area contributed by atoms with Crippen LogP contribution in [0, 0.1) is 0 Å². The van der Waals surface area contributed by atoms with Crippen molar-refractivity contribution in [1.29, 1.82) is 0 Å². The first-order valence-corrected chi connectivity index (χ1v) is 9.81. The van der Waals surface area contributed by atoms with E-state index in [9.17, 15) is 8.42 Å². The van der Waals surface area contributed by atoms with Gasteiger partial charge in [-0.25, -0.2) is 0 Å². The highest BCUT2D eigenvalue weighted by molar-refractivity contribution is 7.86. The van der Waals surface area contributed by atoms with Gasteiger partial charge in [0.2, 0.25) is 0 Å². The van der Waals surface area contributed by atoms with Crippen LogP contribution >= 0.6 is 0 Å². The molecule has 1 aromatic heterocycles. The summed E-state index contributed by atoms with van der Waals surface area (Å²) in [5.41, 5.74) is 1.94. The second-order valence-corrected chi connectivity index (χ2v) is 8.59. The summed E-state index contributed by atoms with van der Waals surface area (Å²) in [6.07, 6.45) is 1.69. The largest absolute Gasteiger partial charge is 0.379 e. The number of ether oxygens (including phenoxy) is 1. The maximum absolute atomic E-state index is 13.0. The zero-order chi connectivity index (χ0) is 17.3. The van der Waals surface area contributed by atoms with E-state index in [1.54, 1.807) is 8.61 Å². The van der Waals surface area contributed by atoms with Gasteiger partial charge in [0.05, 0.1) is 30.6 Å². The lowest BCUT2D eigenvalue weighted by atomic mass is 10.1. The molecule has 2 saturated heterocycles. The molecular weight excluding hydrogens is 330 g/mol. The zero-order valence-corrected chi connectivity index (χ0v) is 15.5. The normalized spacial score (nSPS) is 24.1. The van der Waals surface area contributed by atoms with Crippen molar-refractivity contribution in [3.05, 3.63) is 17.5 Å². The van der Waals surface area contributed by atoms with E-state index in [0.29, 0.717) is 32.8 Å². The Bertz CT molecular complexity index is 667. The van der Waals surface area contributed by atoms with Crippen molar-refractivity contribution in [1.82, 2.24) is 23.3 Å². The molecular formula is C15H27N5O3S. The number of morpholine rings is 1. The van der Waals surface area contributed by atoms with Crippen molar-refractivity contribution in [3.63, 3.8) is 0 Å². The molecule has 0 bridgehead atoms. The quantitative estimate of drug-likeness (QED) is 0.753. The topological polar surface area (TPSA) is 70.9 Å². The van der Waals surface area contributed by atoms with Crippen LogP contribution < -0.4 is 0 Å². The van der Waals surface area contributed by atoms with Crippen LogP contribution in [0.25, 0.3) is 0 Å². The summed E-state index contributed by atoms with van der Waals surface area (Å²) in [4.78, 5) is 2.08. The molecule has 0 radical (unpaired) electrons. The van der Waals surface area contributed by atoms with Crippen LogP contribution in [0.2, 0.25) is 0 Å². The van der Waals surface area contributed by atoms with E-state index < -0.39 is 10.2 Å². The smallest absolute Gasteiger partial charge is 0.282 e. The van der Waals surface area contributed by atoms with Gasteiger partial charge in [-0.1, -0.05) is 0 Å². The molecule has 0 aliphatic carbocycles. The van der Waals surface area contributed by atoms with Gasteiger partial charge in [0.15, 0.2) is 0 Å². The van der Waals surface area contributed by atoms with Crippen LogP contribution in [0.4, 0.5) is 0 Å². The molecule has 1 atom stereocenters. The molecule has 0 amide bonds. The first-order valence-electron chi connectivity index (χ1n) is 8.42. The van der Waals surface area contributed by atoms with Crippen molar-refractivity contribution in [3.8, 4) is 0 Å². The summed E-state index contributed by atoms with van der Waals surface area (Å²) in [7, 11) is 2.48. The Morgan fingerprint density at radius 2 is 2.00 bits per heavy atom. The molecule has 3 heterocycles. The summed E-state index contributed by atoms with van der Waals surface area (Å²) in [5, 5.41) is 4.60. The molecule has 24 heavy (non-hydrogen) atoms. The minimum Gasteiger partial charge on any atom is -0.379 e. The Kier molecular flexibility index (Phi) is 5.26. The van der Waals surface area contributed by atoms with E-state index in [2.05, 4.69) is 10.00 Å². The lowest BCUT2D eigenvalue weighted by molar-refractivity contribution is 0.0698. The predicted octanol–water partition coefficient (Wildman–Crippen LogP) is 0.196. The van der Waals surface area contributed by atoms with Crippen LogP contribution in [0.1, 0.15) is 30.3 Å². The maximum atomic E-state index is 13.0. The molecule has 0 N–H and O–H groups in total. The second-order valence-electron chi connectivity index (χ2n) is 6.71. The first-order chi connectivity index (χ1) is 11.4. The van der Waals surface area contributed by atoms with Crippen molar-refractivity contribution in [2.45, 2.75) is 25.4 Å². The Morgan fingerprint density at radius 1 is 1.29 bits per heavy atom. The Morgan fingerprint density at radius 3 is 2.67 bits per heavy atom. The second kappa shape index (κ2) is 7.09. The van der Waals surface area contributed by atoms with E-state index in [0.717, 1.165) is 30.8 Å². The van der Waals surface area contributed by atoms with E-state index in [-0.39, 0.29) is 6.04 Å². The Balaban J connectivity index is 1.82. The van der Waals surface area contributed by atoms with Gasteiger partial charge in [0, 0.05) is 33.2 Å². The molecule has 0 spiro atoms. The molecule has 2 aliphatic rings. The predicted molar refractivity (Wildman–Crippen MR) is 90.6 cm³/mol. The molecule has 2 fully saturated rings. The summed E-state index contributed by atoms with van der Waals surface area (Å²) in [6.45, 7) is 3.14. The van der Waals surface area contributed by atoms with E-state index >= 15 is 0 Å². The van der Waals surface area contributed by atoms with Gasteiger partial charge in [-0.2, -0.15) is 22.1 Å². The summed E-state index contributed by atoms with van der Waals surface area (Å²) < 4.78 is 36.3. The number of hydrogen-bond donors (Lipinski definition) is 0. The van der Waals surface area contributed by atoms with Crippen LogP contribution in [-0.4, -0.2) is 78.7 Å². The number of hydrogen-bond acceptors (Lipinski definition) is 5. The van der Waals surface area contributed by atoms with Crippen LogP contribution in [0.15, 0.2) is 6.07 Å². The van der Waals surface area contributed by atoms with Crippen molar-refractivity contribution in [2.24, 2.45) is 7.05 Å². The lowest BCUT2D eigenvalue weighted by Crippen LogP contribution is -2.48. The molecule has 0 aromatic carbocycles.